The largest absolute Gasteiger partial charge is 0.459 e. The normalized spacial score (nSPS) is 21.0. The SMILES string of the molecule is CC(C)OC(=O)C(C(=O)NC1CCSC1=O)=C1SC=CS1. The van der Waals surface area contributed by atoms with Crippen LogP contribution in [0.15, 0.2) is 20.6 Å². The number of esters is 1. The lowest BCUT2D eigenvalue weighted by atomic mass is 10.2. The van der Waals surface area contributed by atoms with Crippen LogP contribution in [0.4, 0.5) is 0 Å². The van der Waals surface area contributed by atoms with E-state index in [0.29, 0.717) is 16.4 Å². The minimum atomic E-state index is -0.653. The van der Waals surface area contributed by atoms with E-state index in [1.54, 1.807) is 24.7 Å². The van der Waals surface area contributed by atoms with Crippen molar-refractivity contribution in [3.8, 4) is 0 Å². The van der Waals surface area contributed by atoms with E-state index in [9.17, 15) is 14.4 Å². The molecule has 8 heteroatoms. The number of hydrogen-bond donors (Lipinski definition) is 1. The summed E-state index contributed by atoms with van der Waals surface area (Å²) in [5.41, 5.74) is -0.0200. The van der Waals surface area contributed by atoms with Gasteiger partial charge in [-0.1, -0.05) is 35.3 Å². The monoisotopic (exact) mass is 345 g/mol. The Morgan fingerprint density at radius 1 is 1.33 bits per heavy atom. The lowest BCUT2D eigenvalue weighted by Crippen LogP contribution is -2.40. The molecule has 0 radical (unpaired) electrons. The highest BCUT2D eigenvalue weighted by atomic mass is 32.2. The number of ether oxygens (including phenoxy) is 1. The molecule has 0 saturated carbocycles. The van der Waals surface area contributed by atoms with Crippen molar-refractivity contribution in [2.75, 3.05) is 5.75 Å². The van der Waals surface area contributed by atoms with E-state index in [0.717, 1.165) is 0 Å². The second-order valence-electron chi connectivity index (χ2n) is 4.61. The predicted octanol–water partition coefficient (Wildman–Crippen LogP) is 2.25. The molecular weight excluding hydrogens is 330 g/mol. The second-order valence-corrected chi connectivity index (χ2v) is 7.80. The molecule has 1 unspecified atom stereocenters. The maximum Gasteiger partial charge on any atom is 0.345 e. The number of carbonyl (C=O) groups excluding carboxylic acids is 3. The molecule has 1 N–H and O–H groups in total. The minimum Gasteiger partial charge on any atom is -0.459 e. The van der Waals surface area contributed by atoms with Crippen LogP contribution in [0, 0.1) is 0 Å². The average Bonchev–Trinajstić information content (AvgIpc) is 3.02. The van der Waals surface area contributed by atoms with Gasteiger partial charge in [-0.25, -0.2) is 4.79 Å². The first-order valence-corrected chi connectivity index (χ1v) is 9.14. The van der Waals surface area contributed by atoms with Crippen LogP contribution < -0.4 is 5.32 Å². The maximum atomic E-state index is 12.4. The molecule has 0 bridgehead atoms. The average molecular weight is 345 g/mol. The number of rotatable bonds is 4. The zero-order valence-corrected chi connectivity index (χ0v) is 14.0. The summed E-state index contributed by atoms with van der Waals surface area (Å²) < 4.78 is 5.71. The molecule has 1 fully saturated rings. The van der Waals surface area contributed by atoms with Crippen LogP contribution >= 0.6 is 35.3 Å². The fourth-order valence-corrected chi connectivity index (χ4v) is 4.49. The topological polar surface area (TPSA) is 72.5 Å². The molecule has 2 aliphatic heterocycles. The standard InChI is InChI=1S/C13H15NO4S3/c1-7(2)18-11(16)9(13-20-5-6-21-13)10(15)14-8-3-4-19-12(8)17/h5-8H,3-4H2,1-2H3,(H,14,15). The van der Waals surface area contributed by atoms with E-state index < -0.39 is 17.9 Å². The minimum absolute atomic E-state index is 0.0200. The zero-order valence-electron chi connectivity index (χ0n) is 11.6. The van der Waals surface area contributed by atoms with Gasteiger partial charge in [0, 0.05) is 5.75 Å². The molecule has 2 rings (SSSR count). The number of amides is 1. The van der Waals surface area contributed by atoms with Crippen LogP contribution in [0.1, 0.15) is 20.3 Å². The van der Waals surface area contributed by atoms with E-state index in [-0.39, 0.29) is 16.8 Å². The van der Waals surface area contributed by atoms with Crippen molar-refractivity contribution in [3.63, 3.8) is 0 Å². The van der Waals surface area contributed by atoms with Crippen LogP contribution in [0.2, 0.25) is 0 Å². The summed E-state index contributed by atoms with van der Waals surface area (Å²) in [6.07, 6.45) is 0.282. The molecule has 1 atom stereocenters. The van der Waals surface area contributed by atoms with Crippen molar-refractivity contribution in [2.45, 2.75) is 32.4 Å². The number of nitrogens with one attached hydrogen (secondary N) is 1. The van der Waals surface area contributed by atoms with E-state index in [1.165, 1.54) is 35.3 Å². The Hall–Kier alpha value is -0.860. The highest BCUT2D eigenvalue weighted by Gasteiger charge is 2.32. The molecule has 21 heavy (non-hydrogen) atoms. The molecule has 114 valence electrons. The van der Waals surface area contributed by atoms with Gasteiger partial charge in [0.2, 0.25) is 5.12 Å². The Bertz CT molecular complexity index is 518. The van der Waals surface area contributed by atoms with Gasteiger partial charge in [-0.05, 0) is 31.1 Å². The molecule has 0 aliphatic carbocycles. The van der Waals surface area contributed by atoms with E-state index in [1.807, 2.05) is 0 Å². The quantitative estimate of drug-likeness (QED) is 0.362. The second kappa shape index (κ2) is 7.42. The fraction of sp³-hybridized carbons (Fsp3) is 0.462. The van der Waals surface area contributed by atoms with E-state index in [2.05, 4.69) is 5.32 Å². The molecule has 0 aromatic rings. The van der Waals surface area contributed by atoms with Crippen LogP contribution in [-0.4, -0.2) is 34.9 Å². The molecule has 0 aromatic heterocycles. The number of carbonyl (C=O) groups is 3. The summed E-state index contributed by atoms with van der Waals surface area (Å²) in [6.45, 7) is 3.45. The van der Waals surface area contributed by atoms with Crippen LogP contribution in [-0.2, 0) is 19.1 Å². The molecule has 1 saturated heterocycles. The van der Waals surface area contributed by atoms with Gasteiger partial charge in [0.05, 0.1) is 16.4 Å². The first-order valence-electron chi connectivity index (χ1n) is 6.40. The van der Waals surface area contributed by atoms with Crippen molar-refractivity contribution in [1.29, 1.82) is 0 Å². The maximum absolute atomic E-state index is 12.4. The highest BCUT2D eigenvalue weighted by Crippen LogP contribution is 2.40. The van der Waals surface area contributed by atoms with Crippen molar-refractivity contribution in [3.05, 3.63) is 20.6 Å². The van der Waals surface area contributed by atoms with Gasteiger partial charge in [-0.15, -0.1) is 0 Å². The van der Waals surface area contributed by atoms with Crippen LogP contribution in [0.3, 0.4) is 0 Å². The Kier molecular flexibility index (Phi) is 5.83. The molecule has 2 heterocycles. The predicted molar refractivity (Wildman–Crippen MR) is 86.6 cm³/mol. The summed E-state index contributed by atoms with van der Waals surface area (Å²) in [6, 6.07) is -0.519. The summed E-state index contributed by atoms with van der Waals surface area (Å²) in [4.78, 5) is 36.1. The third kappa shape index (κ3) is 4.31. The van der Waals surface area contributed by atoms with Crippen LogP contribution in [0.5, 0.6) is 0 Å². The number of thioether (sulfide) groups is 3. The Morgan fingerprint density at radius 3 is 2.52 bits per heavy atom. The summed E-state index contributed by atoms with van der Waals surface area (Å²) in [5.74, 6) is -0.503. The Balaban J connectivity index is 2.15. The van der Waals surface area contributed by atoms with E-state index >= 15 is 0 Å². The lowest BCUT2D eigenvalue weighted by Gasteiger charge is -2.15. The first-order chi connectivity index (χ1) is 9.99. The van der Waals surface area contributed by atoms with Gasteiger partial charge >= 0.3 is 5.97 Å². The zero-order chi connectivity index (χ0) is 15.4. The van der Waals surface area contributed by atoms with Crippen molar-refractivity contribution >= 4 is 52.3 Å². The molecule has 1 amide bonds. The van der Waals surface area contributed by atoms with Gasteiger partial charge in [-0.3, -0.25) is 9.59 Å². The summed E-state index contributed by atoms with van der Waals surface area (Å²) >= 11 is 3.81. The summed E-state index contributed by atoms with van der Waals surface area (Å²) in [7, 11) is 0. The van der Waals surface area contributed by atoms with Gasteiger partial charge in [-0.2, -0.15) is 0 Å². The highest BCUT2D eigenvalue weighted by molar-refractivity contribution is 8.27. The van der Waals surface area contributed by atoms with Crippen molar-refractivity contribution in [1.82, 2.24) is 5.32 Å². The molecule has 5 nitrogen and oxygen atoms in total. The lowest BCUT2D eigenvalue weighted by molar-refractivity contribution is -0.144. The van der Waals surface area contributed by atoms with Gasteiger partial charge in [0.15, 0.2) is 0 Å². The first kappa shape index (κ1) is 16.5. The van der Waals surface area contributed by atoms with Crippen molar-refractivity contribution < 1.29 is 19.1 Å². The van der Waals surface area contributed by atoms with Crippen molar-refractivity contribution in [2.24, 2.45) is 0 Å². The molecule has 0 aromatic carbocycles. The third-order valence-electron chi connectivity index (χ3n) is 2.62. The third-order valence-corrected chi connectivity index (χ3v) is 5.76. The van der Waals surface area contributed by atoms with E-state index in [4.69, 9.17) is 4.74 Å². The molecule has 0 spiro atoms. The Morgan fingerprint density at radius 2 is 2.00 bits per heavy atom. The number of hydrogen-bond acceptors (Lipinski definition) is 7. The van der Waals surface area contributed by atoms with Gasteiger partial charge in [0.25, 0.3) is 5.91 Å². The van der Waals surface area contributed by atoms with Gasteiger partial charge < -0.3 is 10.1 Å². The molecular formula is C13H15NO4S3. The van der Waals surface area contributed by atoms with Gasteiger partial charge in [0.1, 0.15) is 5.57 Å². The molecule has 2 aliphatic rings. The Labute approximate surface area is 135 Å². The summed E-state index contributed by atoms with van der Waals surface area (Å²) in [5, 5.41) is 6.17. The fourth-order valence-electron chi connectivity index (χ4n) is 1.72. The van der Waals surface area contributed by atoms with Crippen LogP contribution in [0.25, 0.3) is 0 Å². The smallest absolute Gasteiger partial charge is 0.345 e.